The highest BCUT2D eigenvalue weighted by atomic mass is 14.9. The molecule has 0 aliphatic heterocycles. The highest BCUT2D eigenvalue weighted by Gasteiger charge is 2.38. The van der Waals surface area contributed by atoms with E-state index in [0.717, 1.165) is 16.7 Å². The fourth-order valence-corrected chi connectivity index (χ4v) is 3.65. The van der Waals surface area contributed by atoms with E-state index in [1.165, 1.54) is 37.9 Å². The molecule has 102 valence electrons. The number of imidazole rings is 1. The van der Waals surface area contributed by atoms with Gasteiger partial charge in [0.1, 0.15) is 5.82 Å². The van der Waals surface area contributed by atoms with Gasteiger partial charge in [0.25, 0.3) is 0 Å². The zero-order chi connectivity index (χ0) is 13.5. The molecule has 0 atom stereocenters. The van der Waals surface area contributed by atoms with Crippen molar-refractivity contribution in [2.75, 3.05) is 5.73 Å². The highest BCUT2D eigenvalue weighted by molar-refractivity contribution is 5.79. The lowest BCUT2D eigenvalue weighted by molar-refractivity contribution is 0.332. The first-order chi connectivity index (χ1) is 9.09. The van der Waals surface area contributed by atoms with Crippen LogP contribution in [0.25, 0.3) is 11.0 Å². The molecule has 1 aliphatic rings. The minimum Gasteiger partial charge on any atom is -0.399 e. The van der Waals surface area contributed by atoms with Gasteiger partial charge in [-0.2, -0.15) is 0 Å². The summed E-state index contributed by atoms with van der Waals surface area (Å²) in [5.41, 5.74) is 9.03. The summed E-state index contributed by atoms with van der Waals surface area (Å²) in [5, 5.41) is 0. The first-order valence-corrected chi connectivity index (χ1v) is 7.35. The van der Waals surface area contributed by atoms with Gasteiger partial charge in [0, 0.05) is 11.1 Å². The standard InChI is InChI=1S/C16H23N3/c1-11(2)10-16(7-3-4-8-16)15-18-13-6-5-12(17)9-14(13)19-15/h5-6,9,11H,3-4,7-8,10,17H2,1-2H3,(H,18,19). The van der Waals surface area contributed by atoms with Crippen LogP contribution in [0.2, 0.25) is 0 Å². The van der Waals surface area contributed by atoms with Crippen LogP contribution in [0.15, 0.2) is 18.2 Å². The maximum atomic E-state index is 5.85. The zero-order valence-electron chi connectivity index (χ0n) is 11.9. The molecule has 0 radical (unpaired) electrons. The molecular weight excluding hydrogens is 234 g/mol. The second-order valence-corrected chi connectivity index (χ2v) is 6.45. The summed E-state index contributed by atoms with van der Waals surface area (Å²) < 4.78 is 0. The number of benzene rings is 1. The van der Waals surface area contributed by atoms with Gasteiger partial charge in [0.2, 0.25) is 0 Å². The average molecular weight is 257 g/mol. The lowest BCUT2D eigenvalue weighted by atomic mass is 9.78. The van der Waals surface area contributed by atoms with Crippen molar-refractivity contribution >= 4 is 16.7 Å². The lowest BCUT2D eigenvalue weighted by Gasteiger charge is -2.28. The van der Waals surface area contributed by atoms with Crippen molar-refractivity contribution in [3.05, 3.63) is 24.0 Å². The van der Waals surface area contributed by atoms with Gasteiger partial charge >= 0.3 is 0 Å². The van der Waals surface area contributed by atoms with Crippen LogP contribution in [0.4, 0.5) is 5.69 Å². The van der Waals surface area contributed by atoms with E-state index in [2.05, 4.69) is 18.8 Å². The predicted molar refractivity (Wildman–Crippen MR) is 80.1 cm³/mol. The van der Waals surface area contributed by atoms with E-state index in [9.17, 15) is 0 Å². The summed E-state index contributed by atoms with van der Waals surface area (Å²) in [5.74, 6) is 1.88. The average Bonchev–Trinajstić information content (AvgIpc) is 2.94. The number of aromatic nitrogens is 2. The number of rotatable bonds is 3. The summed E-state index contributed by atoms with van der Waals surface area (Å²) in [7, 11) is 0. The Morgan fingerprint density at radius 2 is 2.05 bits per heavy atom. The molecule has 0 bridgehead atoms. The van der Waals surface area contributed by atoms with E-state index in [1.807, 2.05) is 18.2 Å². The molecule has 0 amide bonds. The number of fused-ring (bicyclic) bond motifs is 1. The summed E-state index contributed by atoms with van der Waals surface area (Å²) in [4.78, 5) is 8.38. The molecular formula is C16H23N3. The molecule has 3 nitrogen and oxygen atoms in total. The van der Waals surface area contributed by atoms with Crippen molar-refractivity contribution in [3.8, 4) is 0 Å². The van der Waals surface area contributed by atoms with Crippen LogP contribution in [0.3, 0.4) is 0 Å². The molecule has 1 aromatic carbocycles. The molecule has 1 aromatic heterocycles. The Morgan fingerprint density at radius 1 is 1.32 bits per heavy atom. The number of aromatic amines is 1. The van der Waals surface area contributed by atoms with Crippen molar-refractivity contribution in [3.63, 3.8) is 0 Å². The number of hydrogen-bond acceptors (Lipinski definition) is 2. The van der Waals surface area contributed by atoms with E-state index in [4.69, 9.17) is 10.7 Å². The zero-order valence-corrected chi connectivity index (χ0v) is 11.9. The molecule has 1 aliphatic carbocycles. The van der Waals surface area contributed by atoms with Crippen LogP contribution < -0.4 is 5.73 Å². The number of nitrogens with zero attached hydrogens (tertiary/aromatic N) is 1. The van der Waals surface area contributed by atoms with Gasteiger partial charge in [-0.3, -0.25) is 0 Å². The van der Waals surface area contributed by atoms with Gasteiger partial charge in [0.15, 0.2) is 0 Å². The van der Waals surface area contributed by atoms with Crippen LogP contribution >= 0.6 is 0 Å². The fraction of sp³-hybridized carbons (Fsp3) is 0.562. The number of hydrogen-bond donors (Lipinski definition) is 2. The van der Waals surface area contributed by atoms with Gasteiger partial charge < -0.3 is 10.7 Å². The third kappa shape index (κ3) is 2.22. The maximum absolute atomic E-state index is 5.85. The summed E-state index contributed by atoms with van der Waals surface area (Å²) in [6.07, 6.45) is 6.40. The smallest absolute Gasteiger partial charge is 0.113 e. The van der Waals surface area contributed by atoms with E-state index < -0.39 is 0 Å². The Bertz CT molecular complexity index is 577. The van der Waals surface area contributed by atoms with Gasteiger partial charge in [-0.1, -0.05) is 26.7 Å². The topological polar surface area (TPSA) is 54.7 Å². The van der Waals surface area contributed by atoms with Crippen LogP contribution in [-0.2, 0) is 5.41 Å². The van der Waals surface area contributed by atoms with Crippen LogP contribution in [0.5, 0.6) is 0 Å². The third-order valence-corrected chi connectivity index (χ3v) is 4.37. The number of nitrogens with one attached hydrogen (secondary N) is 1. The van der Waals surface area contributed by atoms with Crippen molar-refractivity contribution in [2.24, 2.45) is 5.92 Å². The Morgan fingerprint density at radius 3 is 2.74 bits per heavy atom. The number of anilines is 1. The second kappa shape index (κ2) is 4.55. The molecule has 0 unspecified atom stereocenters. The van der Waals surface area contributed by atoms with Crippen LogP contribution in [0.1, 0.15) is 51.8 Å². The third-order valence-electron chi connectivity index (χ3n) is 4.37. The lowest BCUT2D eigenvalue weighted by Crippen LogP contribution is -2.25. The molecule has 1 saturated carbocycles. The molecule has 0 spiro atoms. The fourth-order valence-electron chi connectivity index (χ4n) is 3.65. The van der Waals surface area contributed by atoms with Gasteiger partial charge in [-0.05, 0) is 43.4 Å². The monoisotopic (exact) mass is 257 g/mol. The molecule has 3 N–H and O–H groups in total. The minimum atomic E-state index is 0.266. The first kappa shape index (κ1) is 12.5. The van der Waals surface area contributed by atoms with Gasteiger partial charge in [-0.15, -0.1) is 0 Å². The maximum Gasteiger partial charge on any atom is 0.113 e. The Kier molecular flexibility index (Phi) is 3.00. The molecule has 1 heterocycles. The van der Waals surface area contributed by atoms with Crippen molar-refractivity contribution in [1.29, 1.82) is 0 Å². The van der Waals surface area contributed by atoms with Crippen molar-refractivity contribution in [2.45, 2.75) is 51.4 Å². The quantitative estimate of drug-likeness (QED) is 0.816. The molecule has 3 rings (SSSR count). The Hall–Kier alpha value is -1.51. The SMILES string of the molecule is CC(C)CC1(c2nc3ccc(N)cc3[nH]2)CCCC1. The molecule has 19 heavy (non-hydrogen) atoms. The van der Waals surface area contributed by atoms with E-state index in [0.29, 0.717) is 5.92 Å². The van der Waals surface area contributed by atoms with Gasteiger partial charge in [0.05, 0.1) is 11.0 Å². The van der Waals surface area contributed by atoms with Crippen LogP contribution in [0, 0.1) is 5.92 Å². The first-order valence-electron chi connectivity index (χ1n) is 7.35. The van der Waals surface area contributed by atoms with E-state index >= 15 is 0 Å². The van der Waals surface area contributed by atoms with E-state index in [-0.39, 0.29) is 5.41 Å². The number of nitrogens with two attached hydrogens (primary N) is 1. The molecule has 2 aromatic rings. The largest absolute Gasteiger partial charge is 0.399 e. The molecule has 1 fully saturated rings. The van der Waals surface area contributed by atoms with Gasteiger partial charge in [-0.25, -0.2) is 4.98 Å². The summed E-state index contributed by atoms with van der Waals surface area (Å²) >= 11 is 0. The second-order valence-electron chi connectivity index (χ2n) is 6.45. The Balaban J connectivity index is 2.05. The van der Waals surface area contributed by atoms with Crippen LogP contribution in [-0.4, -0.2) is 9.97 Å². The normalized spacial score (nSPS) is 18.5. The molecule has 3 heteroatoms. The summed E-state index contributed by atoms with van der Waals surface area (Å²) in [6.45, 7) is 4.61. The van der Waals surface area contributed by atoms with Crippen molar-refractivity contribution in [1.82, 2.24) is 9.97 Å². The summed E-state index contributed by atoms with van der Waals surface area (Å²) in [6, 6.07) is 5.93. The van der Waals surface area contributed by atoms with Crippen molar-refractivity contribution < 1.29 is 0 Å². The highest BCUT2D eigenvalue weighted by Crippen LogP contribution is 2.44. The number of nitrogen functional groups attached to an aromatic ring is 1. The number of H-pyrrole nitrogens is 1. The van der Waals surface area contributed by atoms with E-state index in [1.54, 1.807) is 0 Å². The Labute approximate surface area is 114 Å². The minimum absolute atomic E-state index is 0.266. The molecule has 0 saturated heterocycles. The predicted octanol–water partition coefficient (Wildman–Crippen LogP) is 4.00.